The minimum absolute atomic E-state index is 0.789. The van der Waals surface area contributed by atoms with Crippen molar-refractivity contribution in [2.45, 2.75) is 6.92 Å². The van der Waals surface area contributed by atoms with Gasteiger partial charge in [0.1, 0.15) is 0 Å². The Labute approximate surface area is 81.5 Å². The zero-order chi connectivity index (χ0) is 8.97. The second-order valence-electron chi connectivity index (χ2n) is 2.67. The number of benzene rings is 1. The summed E-state index contributed by atoms with van der Waals surface area (Å²) in [6.45, 7) is 2.88. The van der Waals surface area contributed by atoms with Crippen LogP contribution in [0.15, 0.2) is 22.7 Å². The lowest BCUT2D eigenvalue weighted by Crippen LogP contribution is -2.17. The maximum atomic E-state index is 3.43. The zero-order valence-electron chi connectivity index (χ0n) is 7.32. The lowest BCUT2D eigenvalue weighted by molar-refractivity contribution is 0.873. The average Bonchev–Trinajstić information content (AvgIpc) is 2.07. The van der Waals surface area contributed by atoms with Crippen molar-refractivity contribution in [2.24, 2.45) is 0 Å². The van der Waals surface area contributed by atoms with Gasteiger partial charge in [-0.2, -0.15) is 0 Å². The van der Waals surface area contributed by atoms with Gasteiger partial charge in [-0.3, -0.25) is 0 Å². The molecule has 0 amide bonds. The Hall–Kier alpha value is -0.540. The Kier molecular flexibility index (Phi) is 3.56. The van der Waals surface area contributed by atoms with Crippen LogP contribution in [0.3, 0.4) is 0 Å². The van der Waals surface area contributed by atoms with Crippen molar-refractivity contribution >= 4 is 21.6 Å². The van der Waals surface area contributed by atoms with Gasteiger partial charge in [-0.15, -0.1) is 0 Å². The standard InChI is InChI=1S/C9H13BrN2/c1-7-3-4-8(10)5-9(7)12-6-11-2/h3-5,11-12H,6H2,1-2H3. The van der Waals surface area contributed by atoms with Crippen LogP contribution in [-0.2, 0) is 0 Å². The van der Waals surface area contributed by atoms with E-state index in [1.54, 1.807) is 0 Å². The highest BCUT2D eigenvalue weighted by Crippen LogP contribution is 2.19. The van der Waals surface area contributed by atoms with Gasteiger partial charge in [-0.25, -0.2) is 0 Å². The van der Waals surface area contributed by atoms with E-state index in [4.69, 9.17) is 0 Å². The largest absolute Gasteiger partial charge is 0.372 e. The fraction of sp³-hybridized carbons (Fsp3) is 0.333. The highest BCUT2D eigenvalue weighted by atomic mass is 79.9. The molecule has 0 saturated carbocycles. The van der Waals surface area contributed by atoms with E-state index in [1.165, 1.54) is 11.3 Å². The van der Waals surface area contributed by atoms with Gasteiger partial charge in [-0.05, 0) is 31.7 Å². The maximum absolute atomic E-state index is 3.43. The Morgan fingerprint density at radius 1 is 1.42 bits per heavy atom. The molecule has 2 nitrogen and oxygen atoms in total. The predicted molar refractivity (Wildman–Crippen MR) is 56.4 cm³/mol. The zero-order valence-corrected chi connectivity index (χ0v) is 8.90. The summed E-state index contributed by atoms with van der Waals surface area (Å²) in [5, 5.41) is 6.30. The van der Waals surface area contributed by atoms with E-state index < -0.39 is 0 Å². The van der Waals surface area contributed by atoms with Gasteiger partial charge in [0.2, 0.25) is 0 Å². The minimum Gasteiger partial charge on any atom is -0.372 e. The molecule has 0 aliphatic rings. The summed E-state index contributed by atoms with van der Waals surface area (Å²) in [5.74, 6) is 0. The lowest BCUT2D eigenvalue weighted by atomic mass is 10.2. The molecule has 66 valence electrons. The first-order valence-corrected chi connectivity index (χ1v) is 4.68. The van der Waals surface area contributed by atoms with Crippen molar-refractivity contribution < 1.29 is 0 Å². The molecule has 2 N–H and O–H groups in total. The molecular weight excluding hydrogens is 216 g/mol. The molecular formula is C9H13BrN2. The number of hydrogen-bond acceptors (Lipinski definition) is 2. The van der Waals surface area contributed by atoms with E-state index in [0.29, 0.717) is 0 Å². The van der Waals surface area contributed by atoms with Crippen LogP contribution in [0.5, 0.6) is 0 Å². The molecule has 0 atom stereocenters. The number of rotatable bonds is 3. The van der Waals surface area contributed by atoms with Crippen LogP contribution in [0.1, 0.15) is 5.56 Å². The monoisotopic (exact) mass is 228 g/mol. The van der Waals surface area contributed by atoms with Gasteiger partial charge in [0.15, 0.2) is 0 Å². The highest BCUT2D eigenvalue weighted by molar-refractivity contribution is 9.10. The number of nitrogens with one attached hydrogen (secondary N) is 2. The van der Waals surface area contributed by atoms with Crippen LogP contribution in [0.4, 0.5) is 5.69 Å². The molecule has 0 fully saturated rings. The van der Waals surface area contributed by atoms with Gasteiger partial charge >= 0.3 is 0 Å². The summed E-state index contributed by atoms with van der Waals surface area (Å²) in [6, 6.07) is 6.20. The van der Waals surface area contributed by atoms with Crippen molar-refractivity contribution in [1.29, 1.82) is 0 Å². The smallest absolute Gasteiger partial charge is 0.0650 e. The van der Waals surface area contributed by atoms with E-state index >= 15 is 0 Å². The fourth-order valence-corrected chi connectivity index (χ4v) is 1.33. The number of hydrogen-bond donors (Lipinski definition) is 2. The molecule has 3 heteroatoms. The lowest BCUT2D eigenvalue weighted by Gasteiger charge is -2.08. The van der Waals surface area contributed by atoms with Crippen molar-refractivity contribution in [1.82, 2.24) is 5.32 Å². The first kappa shape index (κ1) is 9.55. The predicted octanol–water partition coefficient (Wildman–Crippen LogP) is 2.35. The molecule has 0 unspecified atom stereocenters. The summed E-state index contributed by atoms with van der Waals surface area (Å²) in [7, 11) is 1.92. The third kappa shape index (κ3) is 2.50. The van der Waals surface area contributed by atoms with Gasteiger partial charge in [0.25, 0.3) is 0 Å². The number of anilines is 1. The summed E-state index contributed by atoms with van der Waals surface area (Å²) < 4.78 is 1.10. The average molecular weight is 229 g/mol. The van der Waals surface area contributed by atoms with E-state index in [0.717, 1.165) is 11.1 Å². The Balaban J connectivity index is 2.75. The second kappa shape index (κ2) is 4.48. The molecule has 0 aliphatic carbocycles. The molecule has 0 aromatic heterocycles. The van der Waals surface area contributed by atoms with Crippen molar-refractivity contribution in [2.75, 3.05) is 19.0 Å². The van der Waals surface area contributed by atoms with Crippen LogP contribution in [0.2, 0.25) is 0 Å². The van der Waals surface area contributed by atoms with Crippen molar-refractivity contribution in [3.05, 3.63) is 28.2 Å². The van der Waals surface area contributed by atoms with Crippen LogP contribution < -0.4 is 10.6 Å². The SMILES string of the molecule is CNCNc1cc(Br)ccc1C. The van der Waals surface area contributed by atoms with Crippen LogP contribution in [-0.4, -0.2) is 13.7 Å². The molecule has 0 radical (unpaired) electrons. The van der Waals surface area contributed by atoms with E-state index in [1.807, 2.05) is 13.1 Å². The highest BCUT2D eigenvalue weighted by Gasteiger charge is 1.96. The normalized spacial score (nSPS) is 9.92. The Morgan fingerprint density at radius 3 is 2.83 bits per heavy atom. The van der Waals surface area contributed by atoms with Crippen molar-refractivity contribution in [3.8, 4) is 0 Å². The van der Waals surface area contributed by atoms with Gasteiger partial charge in [0.05, 0.1) is 6.67 Å². The molecule has 0 spiro atoms. The topological polar surface area (TPSA) is 24.1 Å². The molecule has 12 heavy (non-hydrogen) atoms. The maximum Gasteiger partial charge on any atom is 0.0650 e. The second-order valence-corrected chi connectivity index (χ2v) is 3.58. The van der Waals surface area contributed by atoms with Gasteiger partial charge in [0, 0.05) is 10.2 Å². The first-order valence-electron chi connectivity index (χ1n) is 3.88. The Bertz CT molecular complexity index is 261. The van der Waals surface area contributed by atoms with Crippen LogP contribution >= 0.6 is 15.9 Å². The molecule has 0 bridgehead atoms. The van der Waals surface area contributed by atoms with Gasteiger partial charge < -0.3 is 10.6 Å². The first-order chi connectivity index (χ1) is 5.74. The molecule has 0 saturated heterocycles. The fourth-order valence-electron chi connectivity index (χ4n) is 0.968. The summed E-state index contributed by atoms with van der Waals surface area (Å²) in [4.78, 5) is 0. The minimum atomic E-state index is 0.789. The molecule has 1 aromatic rings. The van der Waals surface area contributed by atoms with E-state index in [9.17, 15) is 0 Å². The molecule has 0 aliphatic heterocycles. The summed E-state index contributed by atoms with van der Waals surface area (Å²) in [5.41, 5.74) is 2.42. The van der Waals surface area contributed by atoms with E-state index in [-0.39, 0.29) is 0 Å². The summed E-state index contributed by atoms with van der Waals surface area (Å²) in [6.07, 6.45) is 0. The van der Waals surface area contributed by atoms with Crippen molar-refractivity contribution in [3.63, 3.8) is 0 Å². The molecule has 1 rings (SSSR count). The van der Waals surface area contributed by atoms with Crippen LogP contribution in [0.25, 0.3) is 0 Å². The third-order valence-corrected chi connectivity index (χ3v) is 2.15. The van der Waals surface area contributed by atoms with Crippen LogP contribution in [0, 0.1) is 6.92 Å². The Morgan fingerprint density at radius 2 is 2.17 bits per heavy atom. The third-order valence-electron chi connectivity index (χ3n) is 1.66. The molecule has 1 aromatic carbocycles. The number of halogens is 1. The summed E-state index contributed by atoms with van der Waals surface area (Å²) >= 11 is 3.43. The number of aryl methyl sites for hydroxylation is 1. The van der Waals surface area contributed by atoms with E-state index in [2.05, 4.69) is 45.6 Å². The van der Waals surface area contributed by atoms with Gasteiger partial charge in [-0.1, -0.05) is 22.0 Å². The molecule has 0 heterocycles. The quantitative estimate of drug-likeness (QED) is 0.777.